The standard InChI is InChI=1S/C50H28O/c1-2-10-34-26-46-45(24-33(34)9-1)50-44(43-28-42-36-13-4-3-8-29(36)18-22-40(42)38-14-5-6-15-39(38)43)25-35(27-47(50)51-46)37-21-19-32-17-16-30-11-7-12-31-20-23-41(37)49(32)48(30)31/h1-28H. The number of fused-ring (bicyclic) bond motifs is 9. The van der Waals surface area contributed by atoms with Gasteiger partial charge in [-0.15, -0.1) is 0 Å². The molecule has 0 spiro atoms. The molecule has 51 heavy (non-hydrogen) atoms. The lowest BCUT2D eigenvalue weighted by atomic mass is 9.86. The summed E-state index contributed by atoms with van der Waals surface area (Å²) < 4.78 is 6.88. The van der Waals surface area contributed by atoms with Crippen molar-refractivity contribution in [2.24, 2.45) is 0 Å². The smallest absolute Gasteiger partial charge is 0.136 e. The molecule has 0 radical (unpaired) electrons. The first kappa shape index (κ1) is 27.2. The van der Waals surface area contributed by atoms with Gasteiger partial charge in [-0.25, -0.2) is 0 Å². The van der Waals surface area contributed by atoms with E-state index in [-0.39, 0.29) is 0 Å². The highest BCUT2D eigenvalue weighted by Crippen LogP contribution is 2.47. The monoisotopic (exact) mass is 644 g/mol. The number of hydrogen-bond donors (Lipinski definition) is 0. The van der Waals surface area contributed by atoms with Crippen LogP contribution in [0.25, 0.3) is 120 Å². The molecule has 0 saturated heterocycles. The molecule has 1 heterocycles. The lowest BCUT2D eigenvalue weighted by Crippen LogP contribution is -1.90. The Kier molecular flexibility index (Phi) is 5.29. The number of benzene rings is 11. The van der Waals surface area contributed by atoms with Crippen LogP contribution >= 0.6 is 0 Å². The van der Waals surface area contributed by atoms with Gasteiger partial charge in [0.2, 0.25) is 0 Å². The quantitative estimate of drug-likeness (QED) is 0.171. The van der Waals surface area contributed by atoms with E-state index in [1.807, 2.05) is 0 Å². The molecule has 1 aromatic heterocycles. The van der Waals surface area contributed by atoms with E-state index in [2.05, 4.69) is 170 Å². The summed E-state index contributed by atoms with van der Waals surface area (Å²) in [7, 11) is 0. The van der Waals surface area contributed by atoms with Crippen LogP contribution in [0.5, 0.6) is 0 Å². The van der Waals surface area contributed by atoms with Gasteiger partial charge in [0.25, 0.3) is 0 Å². The van der Waals surface area contributed by atoms with Crippen LogP contribution in [0.3, 0.4) is 0 Å². The summed E-state index contributed by atoms with van der Waals surface area (Å²) in [6, 6.07) is 62.7. The average Bonchev–Trinajstić information content (AvgIpc) is 3.55. The van der Waals surface area contributed by atoms with E-state index in [9.17, 15) is 0 Å². The van der Waals surface area contributed by atoms with Crippen LogP contribution in [0.15, 0.2) is 174 Å². The fourth-order valence-electron chi connectivity index (χ4n) is 9.03. The predicted octanol–water partition coefficient (Wildman–Crippen LogP) is 14.4. The molecule has 0 aliphatic heterocycles. The third-order valence-electron chi connectivity index (χ3n) is 11.3. The molecule has 1 heteroatoms. The minimum absolute atomic E-state index is 0.903. The highest BCUT2D eigenvalue weighted by molar-refractivity contribution is 6.27. The minimum atomic E-state index is 0.903. The van der Waals surface area contributed by atoms with Crippen LogP contribution < -0.4 is 0 Å². The molecular formula is C50H28O. The maximum atomic E-state index is 6.88. The van der Waals surface area contributed by atoms with E-state index in [1.54, 1.807) is 0 Å². The molecule has 12 aromatic rings. The first-order chi connectivity index (χ1) is 25.3. The van der Waals surface area contributed by atoms with E-state index in [0.717, 1.165) is 27.5 Å². The van der Waals surface area contributed by atoms with Gasteiger partial charge >= 0.3 is 0 Å². The van der Waals surface area contributed by atoms with Gasteiger partial charge in [-0.3, -0.25) is 0 Å². The highest BCUT2D eigenvalue weighted by atomic mass is 16.3. The number of furan rings is 1. The molecule has 0 aliphatic rings. The van der Waals surface area contributed by atoms with Crippen molar-refractivity contribution in [2.45, 2.75) is 0 Å². The first-order valence-corrected chi connectivity index (χ1v) is 17.7. The second kappa shape index (κ2) is 9.94. The molecule has 0 bridgehead atoms. The van der Waals surface area contributed by atoms with Gasteiger partial charge < -0.3 is 4.42 Å². The van der Waals surface area contributed by atoms with Crippen molar-refractivity contribution in [2.75, 3.05) is 0 Å². The van der Waals surface area contributed by atoms with Gasteiger partial charge in [0.1, 0.15) is 11.2 Å². The van der Waals surface area contributed by atoms with Gasteiger partial charge in [0.15, 0.2) is 0 Å². The Morgan fingerprint density at radius 1 is 0.255 bits per heavy atom. The lowest BCUT2D eigenvalue weighted by Gasteiger charge is -2.17. The summed E-state index contributed by atoms with van der Waals surface area (Å²) in [4.78, 5) is 0. The molecule has 0 amide bonds. The van der Waals surface area contributed by atoms with Gasteiger partial charge in [-0.05, 0) is 128 Å². The SMILES string of the molecule is c1ccc2cc3c(cc2c1)oc1cc(-c2ccc4ccc5cccc6ccc2c4c56)cc(-c2cc4c5ccccc5ccc4c4ccccc24)c13. The van der Waals surface area contributed by atoms with E-state index in [1.165, 1.54) is 92.1 Å². The van der Waals surface area contributed by atoms with Crippen LogP contribution in [-0.2, 0) is 0 Å². The molecular weight excluding hydrogens is 617 g/mol. The van der Waals surface area contributed by atoms with E-state index in [0.29, 0.717) is 0 Å². The normalized spacial score (nSPS) is 12.3. The second-order valence-corrected chi connectivity index (χ2v) is 14.0. The van der Waals surface area contributed by atoms with Crippen molar-refractivity contribution in [3.05, 3.63) is 170 Å². The van der Waals surface area contributed by atoms with E-state index >= 15 is 0 Å². The molecule has 1 nitrogen and oxygen atoms in total. The van der Waals surface area contributed by atoms with E-state index in [4.69, 9.17) is 4.42 Å². The minimum Gasteiger partial charge on any atom is -0.456 e. The van der Waals surface area contributed by atoms with Crippen molar-refractivity contribution < 1.29 is 4.42 Å². The second-order valence-electron chi connectivity index (χ2n) is 14.0. The van der Waals surface area contributed by atoms with Crippen molar-refractivity contribution >= 4 is 97.3 Å². The largest absolute Gasteiger partial charge is 0.456 e. The Hall–Kier alpha value is -6.70. The number of rotatable bonds is 2. The maximum absolute atomic E-state index is 6.88. The summed E-state index contributed by atoms with van der Waals surface area (Å²) in [6.45, 7) is 0. The van der Waals surface area contributed by atoms with Crippen molar-refractivity contribution in [3.8, 4) is 22.3 Å². The van der Waals surface area contributed by atoms with Gasteiger partial charge in [0.05, 0.1) is 0 Å². The van der Waals surface area contributed by atoms with Crippen LogP contribution in [0, 0.1) is 0 Å². The zero-order valence-corrected chi connectivity index (χ0v) is 27.6. The van der Waals surface area contributed by atoms with Crippen LogP contribution in [0.2, 0.25) is 0 Å². The predicted molar refractivity (Wildman–Crippen MR) is 218 cm³/mol. The zero-order valence-electron chi connectivity index (χ0n) is 27.6. The van der Waals surface area contributed by atoms with Crippen LogP contribution in [-0.4, -0.2) is 0 Å². The maximum Gasteiger partial charge on any atom is 0.136 e. The summed E-state index contributed by atoms with van der Waals surface area (Å²) in [5.74, 6) is 0. The Morgan fingerprint density at radius 3 is 1.71 bits per heavy atom. The highest BCUT2D eigenvalue weighted by Gasteiger charge is 2.21. The van der Waals surface area contributed by atoms with Crippen LogP contribution in [0.1, 0.15) is 0 Å². The molecule has 0 aliphatic carbocycles. The Labute approximate surface area is 292 Å². The molecule has 234 valence electrons. The van der Waals surface area contributed by atoms with Gasteiger partial charge in [-0.1, -0.05) is 140 Å². The fraction of sp³-hybridized carbons (Fsp3) is 0. The number of hydrogen-bond acceptors (Lipinski definition) is 1. The van der Waals surface area contributed by atoms with Gasteiger partial charge in [0, 0.05) is 10.8 Å². The summed E-state index contributed by atoms with van der Waals surface area (Å²) in [5, 5.41) is 20.0. The fourth-order valence-corrected chi connectivity index (χ4v) is 9.03. The summed E-state index contributed by atoms with van der Waals surface area (Å²) in [6.07, 6.45) is 0. The molecule has 0 fully saturated rings. The topological polar surface area (TPSA) is 13.1 Å². The summed E-state index contributed by atoms with van der Waals surface area (Å²) >= 11 is 0. The first-order valence-electron chi connectivity index (χ1n) is 17.7. The third kappa shape index (κ3) is 3.75. The van der Waals surface area contributed by atoms with Crippen molar-refractivity contribution in [1.82, 2.24) is 0 Å². The average molecular weight is 645 g/mol. The lowest BCUT2D eigenvalue weighted by molar-refractivity contribution is 0.669. The van der Waals surface area contributed by atoms with Crippen LogP contribution in [0.4, 0.5) is 0 Å². The van der Waals surface area contributed by atoms with E-state index < -0.39 is 0 Å². The Balaban J connectivity index is 1.25. The molecule has 0 atom stereocenters. The Morgan fingerprint density at radius 2 is 0.863 bits per heavy atom. The Bertz CT molecular complexity index is 3400. The van der Waals surface area contributed by atoms with Crippen molar-refractivity contribution in [3.63, 3.8) is 0 Å². The van der Waals surface area contributed by atoms with Crippen molar-refractivity contribution in [1.29, 1.82) is 0 Å². The molecule has 0 saturated carbocycles. The summed E-state index contributed by atoms with van der Waals surface area (Å²) in [5.41, 5.74) is 6.59. The molecule has 0 unspecified atom stereocenters. The molecule has 11 aromatic carbocycles. The third-order valence-corrected chi connectivity index (χ3v) is 11.3. The molecule has 0 N–H and O–H groups in total. The molecule has 12 rings (SSSR count). The van der Waals surface area contributed by atoms with Gasteiger partial charge in [-0.2, -0.15) is 0 Å². The zero-order chi connectivity index (χ0) is 33.2.